The van der Waals surface area contributed by atoms with Gasteiger partial charge in [0.1, 0.15) is 0 Å². The fraction of sp³-hybridized carbons (Fsp3) is 0.133. The molecule has 8 nitrogen and oxygen atoms in total. The molecule has 0 atom stereocenters. The van der Waals surface area contributed by atoms with E-state index in [1.807, 2.05) is 0 Å². The van der Waals surface area contributed by atoms with Crippen LogP contribution in [0, 0.1) is 17.0 Å². The Morgan fingerprint density at radius 1 is 1.12 bits per heavy atom. The number of rotatable bonds is 5. The standard InChI is InChI=1S/C15H15N3O5S/c1-10-3-6-12(9-14(10)18(20)21)17-15(19)11-4-7-13(8-5-11)24(22,23)16-2/h3-9,16H,1-2H3,(H,17,19). The number of hydrogen-bond donors (Lipinski definition) is 2. The SMILES string of the molecule is CNS(=O)(=O)c1ccc(C(=O)Nc2ccc(C)c([N+](=O)[O-])c2)cc1. The molecule has 0 radical (unpaired) electrons. The average Bonchev–Trinajstić information content (AvgIpc) is 2.56. The minimum absolute atomic E-state index is 0.0347. The molecule has 0 aliphatic rings. The first-order valence-electron chi connectivity index (χ1n) is 6.84. The molecule has 9 heteroatoms. The maximum Gasteiger partial charge on any atom is 0.274 e. The van der Waals surface area contributed by atoms with E-state index in [-0.39, 0.29) is 21.8 Å². The zero-order valence-corrected chi connectivity index (χ0v) is 13.8. The Kier molecular flexibility index (Phi) is 4.96. The zero-order chi connectivity index (χ0) is 17.9. The van der Waals surface area contributed by atoms with Crippen LogP contribution in [0.5, 0.6) is 0 Å². The number of carbonyl (C=O) groups is 1. The van der Waals surface area contributed by atoms with Crippen LogP contribution < -0.4 is 10.0 Å². The topological polar surface area (TPSA) is 118 Å². The van der Waals surface area contributed by atoms with Crippen LogP contribution in [0.25, 0.3) is 0 Å². The summed E-state index contributed by atoms with van der Waals surface area (Å²) in [5.74, 6) is -0.499. The lowest BCUT2D eigenvalue weighted by molar-refractivity contribution is -0.385. The van der Waals surface area contributed by atoms with Gasteiger partial charge in [-0.25, -0.2) is 13.1 Å². The lowest BCUT2D eigenvalue weighted by Gasteiger charge is -2.07. The van der Waals surface area contributed by atoms with Crippen LogP contribution in [0.3, 0.4) is 0 Å². The highest BCUT2D eigenvalue weighted by atomic mass is 32.2. The first kappa shape index (κ1) is 17.6. The number of nitrogens with zero attached hydrogens (tertiary/aromatic N) is 1. The quantitative estimate of drug-likeness (QED) is 0.633. The van der Waals surface area contributed by atoms with Crippen LogP contribution >= 0.6 is 0 Å². The predicted octanol–water partition coefficient (Wildman–Crippen LogP) is 2.06. The van der Waals surface area contributed by atoms with Gasteiger partial charge < -0.3 is 5.32 Å². The minimum Gasteiger partial charge on any atom is -0.322 e. The second-order valence-electron chi connectivity index (χ2n) is 4.94. The molecule has 0 bridgehead atoms. The highest BCUT2D eigenvalue weighted by Crippen LogP contribution is 2.22. The molecule has 2 rings (SSSR count). The molecule has 2 N–H and O–H groups in total. The third kappa shape index (κ3) is 3.76. The summed E-state index contributed by atoms with van der Waals surface area (Å²) in [4.78, 5) is 22.6. The maximum atomic E-state index is 12.2. The second kappa shape index (κ2) is 6.77. The molecule has 1 amide bonds. The van der Waals surface area contributed by atoms with Crippen molar-refractivity contribution in [1.29, 1.82) is 0 Å². The van der Waals surface area contributed by atoms with E-state index in [2.05, 4.69) is 10.0 Å². The summed E-state index contributed by atoms with van der Waals surface area (Å²) in [5, 5.41) is 13.5. The maximum absolute atomic E-state index is 12.2. The third-order valence-corrected chi connectivity index (χ3v) is 4.79. The number of anilines is 1. The van der Waals surface area contributed by atoms with Crippen molar-refractivity contribution in [3.63, 3.8) is 0 Å². The highest BCUT2D eigenvalue weighted by Gasteiger charge is 2.15. The van der Waals surface area contributed by atoms with Crippen LogP contribution in [-0.2, 0) is 10.0 Å². The van der Waals surface area contributed by atoms with E-state index in [0.29, 0.717) is 5.56 Å². The number of carbonyl (C=O) groups excluding carboxylic acids is 1. The molecule has 126 valence electrons. The average molecular weight is 349 g/mol. The number of amides is 1. The molecule has 0 unspecified atom stereocenters. The van der Waals surface area contributed by atoms with Crippen molar-refractivity contribution < 1.29 is 18.1 Å². The molecule has 0 aliphatic carbocycles. The predicted molar refractivity (Wildman–Crippen MR) is 88.5 cm³/mol. The summed E-state index contributed by atoms with van der Waals surface area (Å²) < 4.78 is 25.4. The van der Waals surface area contributed by atoms with Gasteiger partial charge in [0.2, 0.25) is 10.0 Å². The molecule has 2 aromatic rings. The minimum atomic E-state index is -3.58. The van der Waals surface area contributed by atoms with Crippen molar-refractivity contribution in [2.45, 2.75) is 11.8 Å². The molecule has 0 aromatic heterocycles. The molecular formula is C15H15N3O5S. The first-order chi connectivity index (χ1) is 11.2. The monoisotopic (exact) mass is 349 g/mol. The molecule has 0 saturated carbocycles. The van der Waals surface area contributed by atoms with E-state index in [1.54, 1.807) is 13.0 Å². The van der Waals surface area contributed by atoms with Crippen LogP contribution in [0.15, 0.2) is 47.4 Å². The Labute approximate surface area is 138 Å². The van der Waals surface area contributed by atoms with Crippen molar-refractivity contribution in [2.24, 2.45) is 0 Å². The van der Waals surface area contributed by atoms with E-state index in [0.717, 1.165) is 0 Å². The van der Waals surface area contributed by atoms with Crippen LogP contribution in [0.1, 0.15) is 15.9 Å². The zero-order valence-electron chi connectivity index (χ0n) is 12.9. The van der Waals surface area contributed by atoms with Crippen molar-refractivity contribution in [1.82, 2.24) is 4.72 Å². The lowest BCUT2D eigenvalue weighted by Crippen LogP contribution is -2.19. The Morgan fingerprint density at radius 2 is 1.75 bits per heavy atom. The molecule has 0 heterocycles. The molecule has 0 saturated heterocycles. The van der Waals surface area contributed by atoms with Crippen molar-refractivity contribution >= 4 is 27.3 Å². The number of nitro groups is 1. The van der Waals surface area contributed by atoms with E-state index in [4.69, 9.17) is 0 Å². The normalized spacial score (nSPS) is 11.1. The fourth-order valence-corrected chi connectivity index (χ4v) is 2.72. The van der Waals surface area contributed by atoms with Gasteiger partial charge in [-0.2, -0.15) is 0 Å². The van der Waals surface area contributed by atoms with Gasteiger partial charge in [0.15, 0.2) is 0 Å². The van der Waals surface area contributed by atoms with Crippen molar-refractivity contribution in [3.05, 3.63) is 63.7 Å². The number of nitro benzene ring substituents is 1. The van der Waals surface area contributed by atoms with Gasteiger partial charge in [-0.1, -0.05) is 6.07 Å². The Morgan fingerprint density at radius 3 is 2.29 bits per heavy atom. The fourth-order valence-electron chi connectivity index (χ4n) is 1.99. The molecule has 0 spiro atoms. The second-order valence-corrected chi connectivity index (χ2v) is 6.83. The molecule has 24 heavy (non-hydrogen) atoms. The summed E-state index contributed by atoms with van der Waals surface area (Å²) in [6, 6.07) is 9.70. The van der Waals surface area contributed by atoms with Gasteiger partial charge in [0, 0.05) is 22.9 Å². The van der Waals surface area contributed by atoms with Crippen molar-refractivity contribution in [3.8, 4) is 0 Å². The van der Waals surface area contributed by atoms with Gasteiger partial charge in [0.05, 0.1) is 9.82 Å². The molecule has 2 aromatic carbocycles. The van der Waals surface area contributed by atoms with E-state index in [1.165, 1.54) is 43.4 Å². The van der Waals surface area contributed by atoms with Crippen LogP contribution in [0.2, 0.25) is 0 Å². The first-order valence-corrected chi connectivity index (χ1v) is 8.33. The number of sulfonamides is 1. The van der Waals surface area contributed by atoms with Crippen LogP contribution in [-0.4, -0.2) is 26.3 Å². The smallest absolute Gasteiger partial charge is 0.274 e. The molecule has 0 fully saturated rings. The highest BCUT2D eigenvalue weighted by molar-refractivity contribution is 7.89. The van der Waals surface area contributed by atoms with Gasteiger partial charge >= 0.3 is 0 Å². The largest absolute Gasteiger partial charge is 0.322 e. The van der Waals surface area contributed by atoms with E-state index < -0.39 is 20.9 Å². The molecular weight excluding hydrogens is 334 g/mol. The number of aryl methyl sites for hydroxylation is 1. The number of nitrogens with one attached hydrogen (secondary N) is 2. The van der Waals surface area contributed by atoms with Gasteiger partial charge in [-0.15, -0.1) is 0 Å². The van der Waals surface area contributed by atoms with Crippen LogP contribution in [0.4, 0.5) is 11.4 Å². The summed E-state index contributed by atoms with van der Waals surface area (Å²) in [5.41, 5.74) is 0.903. The molecule has 0 aliphatic heterocycles. The van der Waals surface area contributed by atoms with Gasteiger partial charge in [0.25, 0.3) is 11.6 Å². The van der Waals surface area contributed by atoms with E-state index in [9.17, 15) is 23.3 Å². The van der Waals surface area contributed by atoms with Crippen molar-refractivity contribution in [2.75, 3.05) is 12.4 Å². The number of hydrogen-bond acceptors (Lipinski definition) is 5. The lowest BCUT2D eigenvalue weighted by atomic mass is 10.1. The third-order valence-electron chi connectivity index (χ3n) is 3.36. The summed E-state index contributed by atoms with van der Waals surface area (Å²) in [7, 11) is -2.28. The summed E-state index contributed by atoms with van der Waals surface area (Å²) in [6.45, 7) is 1.60. The number of benzene rings is 2. The summed E-state index contributed by atoms with van der Waals surface area (Å²) in [6.07, 6.45) is 0. The summed E-state index contributed by atoms with van der Waals surface area (Å²) >= 11 is 0. The van der Waals surface area contributed by atoms with Gasteiger partial charge in [-0.05, 0) is 44.3 Å². The Bertz CT molecular complexity index is 892. The Balaban J connectivity index is 2.22. The Hall–Kier alpha value is -2.78. The van der Waals surface area contributed by atoms with E-state index >= 15 is 0 Å². The van der Waals surface area contributed by atoms with Gasteiger partial charge in [-0.3, -0.25) is 14.9 Å².